The van der Waals surface area contributed by atoms with Gasteiger partial charge in [0.1, 0.15) is 12.2 Å². The molecule has 1 aromatic carbocycles. The molecule has 1 saturated heterocycles. The van der Waals surface area contributed by atoms with Crippen molar-refractivity contribution in [3.05, 3.63) is 42.7 Å². The lowest BCUT2D eigenvalue weighted by Gasteiger charge is -2.31. The summed E-state index contributed by atoms with van der Waals surface area (Å²) in [4.78, 5) is 18.9. The van der Waals surface area contributed by atoms with E-state index in [0.29, 0.717) is 18.9 Å². The first-order valence-electron chi connectivity index (χ1n) is 8.74. The predicted molar refractivity (Wildman–Crippen MR) is 93.9 cm³/mol. The van der Waals surface area contributed by atoms with Crippen molar-refractivity contribution in [2.45, 2.75) is 31.7 Å². The van der Waals surface area contributed by atoms with E-state index < -0.39 is 0 Å². The third-order valence-electron chi connectivity index (χ3n) is 5.05. The number of carbonyl (C=O) groups excluding carboxylic acids is 1. The van der Waals surface area contributed by atoms with E-state index in [-0.39, 0.29) is 5.91 Å². The van der Waals surface area contributed by atoms with Crippen molar-refractivity contribution >= 4 is 16.9 Å². The van der Waals surface area contributed by atoms with Crippen molar-refractivity contribution in [3.8, 4) is 0 Å². The number of rotatable bonds is 4. The number of imidazole rings is 1. The lowest BCUT2D eigenvalue weighted by Crippen LogP contribution is -2.38. The molecule has 1 amide bonds. The highest BCUT2D eigenvalue weighted by molar-refractivity contribution is 5.77. The average molecular weight is 338 g/mol. The van der Waals surface area contributed by atoms with Crippen LogP contribution in [0.5, 0.6) is 0 Å². The first-order valence-corrected chi connectivity index (χ1v) is 8.74. The second-order valence-electron chi connectivity index (χ2n) is 6.63. The van der Waals surface area contributed by atoms with Crippen molar-refractivity contribution < 1.29 is 4.79 Å². The minimum atomic E-state index is 0.217. The molecule has 3 heterocycles. The second-order valence-corrected chi connectivity index (χ2v) is 6.63. The molecule has 0 bridgehead atoms. The van der Waals surface area contributed by atoms with E-state index >= 15 is 0 Å². The molecule has 2 aromatic heterocycles. The van der Waals surface area contributed by atoms with Gasteiger partial charge in [-0.05, 0) is 25.0 Å². The normalized spacial score (nSPS) is 15.8. The van der Waals surface area contributed by atoms with Crippen LogP contribution in [0.2, 0.25) is 0 Å². The van der Waals surface area contributed by atoms with Crippen LogP contribution in [0, 0.1) is 0 Å². The number of aryl methyl sites for hydroxylation is 2. The monoisotopic (exact) mass is 338 g/mol. The highest BCUT2D eigenvalue weighted by Gasteiger charge is 2.26. The van der Waals surface area contributed by atoms with Gasteiger partial charge in [0.05, 0.1) is 17.4 Å². The topological polar surface area (TPSA) is 68.8 Å². The summed E-state index contributed by atoms with van der Waals surface area (Å²) in [6, 6.07) is 8.01. The lowest BCUT2D eigenvalue weighted by atomic mass is 9.96. The number of para-hydroxylation sites is 2. The molecule has 0 radical (unpaired) electrons. The van der Waals surface area contributed by atoms with Crippen molar-refractivity contribution in [3.63, 3.8) is 0 Å². The van der Waals surface area contributed by atoms with E-state index in [4.69, 9.17) is 0 Å². The van der Waals surface area contributed by atoms with E-state index in [1.54, 1.807) is 6.33 Å². The van der Waals surface area contributed by atoms with Crippen molar-refractivity contribution in [1.29, 1.82) is 0 Å². The van der Waals surface area contributed by atoms with Crippen LogP contribution >= 0.6 is 0 Å². The fourth-order valence-electron chi connectivity index (χ4n) is 3.61. The molecule has 1 fully saturated rings. The largest absolute Gasteiger partial charge is 0.343 e. The van der Waals surface area contributed by atoms with Crippen LogP contribution in [0.1, 0.15) is 31.0 Å². The molecule has 0 N–H and O–H groups in total. The Labute approximate surface area is 146 Å². The van der Waals surface area contributed by atoms with Crippen LogP contribution in [0.4, 0.5) is 0 Å². The summed E-state index contributed by atoms with van der Waals surface area (Å²) in [5.74, 6) is 1.64. The molecule has 3 aromatic rings. The molecule has 4 rings (SSSR count). The summed E-state index contributed by atoms with van der Waals surface area (Å²) < 4.78 is 4.03. The van der Waals surface area contributed by atoms with Crippen LogP contribution in [0.3, 0.4) is 0 Å². The van der Waals surface area contributed by atoms with E-state index in [9.17, 15) is 4.79 Å². The molecular weight excluding hydrogens is 316 g/mol. The van der Waals surface area contributed by atoms with E-state index in [2.05, 4.69) is 19.7 Å². The zero-order chi connectivity index (χ0) is 17.2. The van der Waals surface area contributed by atoms with Gasteiger partial charge in [-0.2, -0.15) is 0 Å². The van der Waals surface area contributed by atoms with E-state index in [1.807, 2.05) is 47.1 Å². The fourth-order valence-corrected chi connectivity index (χ4v) is 3.61. The summed E-state index contributed by atoms with van der Waals surface area (Å²) in [5, 5.41) is 8.17. The van der Waals surface area contributed by atoms with Gasteiger partial charge < -0.3 is 14.0 Å². The van der Waals surface area contributed by atoms with E-state index in [1.165, 1.54) is 0 Å². The third-order valence-corrected chi connectivity index (χ3v) is 5.05. The second kappa shape index (κ2) is 6.66. The molecule has 0 unspecified atom stereocenters. The van der Waals surface area contributed by atoms with Crippen LogP contribution in [-0.2, 0) is 18.4 Å². The first-order chi connectivity index (χ1) is 12.2. The molecule has 130 valence electrons. The molecule has 0 aliphatic carbocycles. The van der Waals surface area contributed by atoms with Crippen molar-refractivity contribution in [2.75, 3.05) is 13.1 Å². The van der Waals surface area contributed by atoms with Gasteiger partial charge in [-0.25, -0.2) is 4.98 Å². The Morgan fingerprint density at radius 3 is 2.76 bits per heavy atom. The quantitative estimate of drug-likeness (QED) is 0.729. The summed E-state index contributed by atoms with van der Waals surface area (Å²) in [6.07, 6.45) is 5.97. The number of hydrogen-bond donors (Lipinski definition) is 0. The average Bonchev–Trinajstić information content (AvgIpc) is 3.26. The number of fused-ring (bicyclic) bond motifs is 1. The van der Waals surface area contributed by atoms with E-state index in [0.717, 1.165) is 42.8 Å². The van der Waals surface area contributed by atoms with Gasteiger partial charge in [-0.15, -0.1) is 10.2 Å². The number of amides is 1. The molecule has 7 nitrogen and oxygen atoms in total. The highest BCUT2D eigenvalue weighted by atomic mass is 16.2. The molecule has 25 heavy (non-hydrogen) atoms. The molecule has 0 spiro atoms. The maximum absolute atomic E-state index is 12.5. The van der Waals surface area contributed by atoms with Gasteiger partial charge in [0.15, 0.2) is 0 Å². The van der Waals surface area contributed by atoms with Gasteiger partial charge in [0, 0.05) is 39.0 Å². The number of carbonyl (C=O) groups is 1. The molecule has 1 aliphatic heterocycles. The van der Waals surface area contributed by atoms with Gasteiger partial charge in [0.2, 0.25) is 5.91 Å². The fraction of sp³-hybridized carbons (Fsp3) is 0.444. The molecule has 7 heteroatoms. The smallest absolute Gasteiger partial charge is 0.224 e. The summed E-state index contributed by atoms with van der Waals surface area (Å²) in [5.41, 5.74) is 2.05. The number of benzene rings is 1. The molecule has 0 atom stereocenters. The zero-order valence-electron chi connectivity index (χ0n) is 14.4. The SMILES string of the molecule is Cn1cnnc1C1CCN(C(=O)CCn2cnc3ccccc32)CC1. The lowest BCUT2D eigenvalue weighted by molar-refractivity contribution is -0.132. The summed E-state index contributed by atoms with van der Waals surface area (Å²) in [6.45, 7) is 2.25. The van der Waals surface area contributed by atoms with Gasteiger partial charge in [0.25, 0.3) is 0 Å². The maximum atomic E-state index is 12.5. The Kier molecular flexibility index (Phi) is 4.21. The Morgan fingerprint density at radius 2 is 2.00 bits per heavy atom. The minimum Gasteiger partial charge on any atom is -0.343 e. The van der Waals surface area contributed by atoms with Gasteiger partial charge in [-0.3, -0.25) is 4.79 Å². The number of hydrogen-bond acceptors (Lipinski definition) is 4. The Bertz CT molecular complexity index is 874. The highest BCUT2D eigenvalue weighted by Crippen LogP contribution is 2.26. The number of piperidine rings is 1. The van der Waals surface area contributed by atoms with Crippen LogP contribution in [0.15, 0.2) is 36.9 Å². The standard InChI is InChI=1S/C18H22N6O/c1-22-13-20-21-18(22)14-6-9-23(10-7-14)17(25)8-11-24-12-19-15-4-2-3-5-16(15)24/h2-5,12-14H,6-11H2,1H3. The maximum Gasteiger partial charge on any atom is 0.224 e. The third kappa shape index (κ3) is 3.14. The zero-order valence-corrected chi connectivity index (χ0v) is 14.4. The van der Waals surface area contributed by atoms with Gasteiger partial charge >= 0.3 is 0 Å². The number of nitrogens with zero attached hydrogens (tertiary/aromatic N) is 6. The van der Waals surface area contributed by atoms with Crippen molar-refractivity contribution in [2.24, 2.45) is 7.05 Å². The van der Waals surface area contributed by atoms with Crippen LogP contribution in [-0.4, -0.2) is 48.2 Å². The Balaban J connectivity index is 1.33. The minimum absolute atomic E-state index is 0.217. The van der Waals surface area contributed by atoms with Crippen molar-refractivity contribution in [1.82, 2.24) is 29.2 Å². The number of likely N-dealkylation sites (tertiary alicyclic amines) is 1. The summed E-state index contributed by atoms with van der Waals surface area (Å²) in [7, 11) is 1.97. The molecule has 0 saturated carbocycles. The Morgan fingerprint density at radius 1 is 1.20 bits per heavy atom. The predicted octanol–water partition coefficient (Wildman–Crippen LogP) is 1.96. The molecule has 1 aliphatic rings. The molecular formula is C18H22N6O. The first kappa shape index (κ1) is 15.8. The Hall–Kier alpha value is -2.70. The van der Waals surface area contributed by atoms with Gasteiger partial charge in [-0.1, -0.05) is 12.1 Å². The van der Waals surface area contributed by atoms with Crippen LogP contribution < -0.4 is 0 Å². The number of aromatic nitrogens is 5. The van der Waals surface area contributed by atoms with Crippen LogP contribution in [0.25, 0.3) is 11.0 Å². The summed E-state index contributed by atoms with van der Waals surface area (Å²) >= 11 is 0.